The molecule has 2 heterocycles. The lowest BCUT2D eigenvalue weighted by molar-refractivity contribution is 0.0743. The fraction of sp³-hybridized carbons (Fsp3) is 0.600. The van der Waals surface area contributed by atoms with Crippen molar-refractivity contribution in [3.63, 3.8) is 0 Å². The molecule has 2 nitrogen and oxygen atoms in total. The number of alkyl halides is 1. The Kier molecular flexibility index (Phi) is 3.93. The van der Waals surface area contributed by atoms with Gasteiger partial charge in [0.2, 0.25) is 0 Å². The highest BCUT2D eigenvalue weighted by Gasteiger charge is 2.41. The van der Waals surface area contributed by atoms with Crippen molar-refractivity contribution < 1.29 is 9.47 Å². The van der Waals surface area contributed by atoms with Gasteiger partial charge in [-0.3, -0.25) is 0 Å². The van der Waals surface area contributed by atoms with Gasteiger partial charge in [-0.15, -0.1) is 0 Å². The highest BCUT2D eigenvalue weighted by Crippen LogP contribution is 2.43. The lowest BCUT2D eigenvalue weighted by atomic mass is 9.78. The van der Waals surface area contributed by atoms with Gasteiger partial charge in [-0.05, 0) is 43.0 Å². The van der Waals surface area contributed by atoms with Crippen molar-refractivity contribution in [2.75, 3.05) is 18.5 Å². The second kappa shape index (κ2) is 5.38. The maximum atomic E-state index is 5.84. The molecule has 2 aliphatic heterocycles. The average Bonchev–Trinajstić information content (AvgIpc) is 2.97. The minimum absolute atomic E-state index is 0.195. The fourth-order valence-electron chi connectivity index (χ4n) is 3.13. The number of hydrogen-bond donors (Lipinski definition) is 0. The van der Waals surface area contributed by atoms with E-state index in [2.05, 4.69) is 50.9 Å². The van der Waals surface area contributed by atoms with E-state index in [1.54, 1.807) is 0 Å². The van der Waals surface area contributed by atoms with Gasteiger partial charge in [-0.1, -0.05) is 31.9 Å². The Morgan fingerprint density at radius 3 is 2.89 bits per heavy atom. The third kappa shape index (κ3) is 2.47. The number of hydrogen-bond acceptors (Lipinski definition) is 2. The molecule has 1 aromatic carbocycles. The van der Waals surface area contributed by atoms with E-state index in [1.807, 2.05) is 0 Å². The molecule has 0 bridgehead atoms. The third-order valence-corrected chi connectivity index (χ3v) is 6.04. The van der Waals surface area contributed by atoms with Crippen LogP contribution in [0.4, 0.5) is 0 Å². The van der Waals surface area contributed by atoms with Crippen molar-refractivity contribution in [1.29, 1.82) is 0 Å². The first-order valence-electron chi connectivity index (χ1n) is 6.76. The van der Waals surface area contributed by atoms with Crippen LogP contribution in [0.2, 0.25) is 0 Å². The van der Waals surface area contributed by atoms with Gasteiger partial charge >= 0.3 is 0 Å². The molecular weight excluding hydrogens is 372 g/mol. The first-order chi connectivity index (χ1) is 9.14. The molecule has 3 rings (SSSR count). The summed E-state index contributed by atoms with van der Waals surface area (Å²) in [5.41, 5.74) is 2.85. The Morgan fingerprint density at radius 2 is 2.21 bits per heavy atom. The normalized spacial score (nSPS) is 29.3. The predicted molar refractivity (Wildman–Crippen MR) is 83.3 cm³/mol. The number of fused-ring (bicyclic) bond motifs is 1. The molecule has 0 N–H and O–H groups in total. The second-order valence-electron chi connectivity index (χ2n) is 5.59. The molecule has 0 aliphatic carbocycles. The van der Waals surface area contributed by atoms with Crippen LogP contribution < -0.4 is 4.74 Å². The maximum Gasteiger partial charge on any atom is 0.125 e. The fourth-order valence-corrected chi connectivity index (χ4v) is 4.62. The quantitative estimate of drug-likeness (QED) is 0.724. The summed E-state index contributed by atoms with van der Waals surface area (Å²) >= 11 is 7.32. The molecule has 0 saturated carbocycles. The standard InChI is InChI=1S/C15H18Br2O2/c1-10-15(9-16,3-5-18-10)8-12-7-13(17)6-11-2-4-19-14(11)12/h6-7,10H,2-5,8-9H2,1H3. The van der Waals surface area contributed by atoms with Crippen LogP contribution in [-0.4, -0.2) is 24.6 Å². The van der Waals surface area contributed by atoms with Crippen molar-refractivity contribution in [3.05, 3.63) is 27.7 Å². The Labute approximate surface area is 131 Å². The summed E-state index contributed by atoms with van der Waals surface area (Å²) in [4.78, 5) is 0. The molecule has 2 atom stereocenters. The molecule has 104 valence electrons. The highest BCUT2D eigenvalue weighted by molar-refractivity contribution is 9.10. The Morgan fingerprint density at radius 1 is 1.37 bits per heavy atom. The zero-order chi connectivity index (χ0) is 13.5. The molecule has 0 spiro atoms. The lowest BCUT2D eigenvalue weighted by Crippen LogP contribution is -2.33. The van der Waals surface area contributed by atoms with Gasteiger partial charge in [0, 0.05) is 28.2 Å². The van der Waals surface area contributed by atoms with E-state index in [1.165, 1.54) is 11.1 Å². The first-order valence-corrected chi connectivity index (χ1v) is 8.68. The van der Waals surface area contributed by atoms with E-state index >= 15 is 0 Å². The molecule has 1 fully saturated rings. The van der Waals surface area contributed by atoms with E-state index in [9.17, 15) is 0 Å². The molecule has 2 unspecified atom stereocenters. The summed E-state index contributed by atoms with van der Waals surface area (Å²) in [6.45, 7) is 3.86. The lowest BCUT2D eigenvalue weighted by Gasteiger charge is -2.31. The van der Waals surface area contributed by atoms with Gasteiger partial charge in [0.25, 0.3) is 0 Å². The van der Waals surface area contributed by atoms with E-state index in [4.69, 9.17) is 9.47 Å². The van der Waals surface area contributed by atoms with Gasteiger partial charge < -0.3 is 9.47 Å². The van der Waals surface area contributed by atoms with Gasteiger partial charge in [0.05, 0.1) is 12.7 Å². The zero-order valence-electron chi connectivity index (χ0n) is 11.0. The number of rotatable bonds is 3. The van der Waals surface area contributed by atoms with Crippen LogP contribution in [-0.2, 0) is 17.6 Å². The van der Waals surface area contributed by atoms with Crippen LogP contribution in [0, 0.1) is 5.41 Å². The SMILES string of the molecule is CC1OCCC1(CBr)Cc1cc(Br)cc2c1OCC2. The first kappa shape index (κ1) is 13.9. The highest BCUT2D eigenvalue weighted by atomic mass is 79.9. The zero-order valence-corrected chi connectivity index (χ0v) is 14.2. The van der Waals surface area contributed by atoms with Crippen LogP contribution in [0.3, 0.4) is 0 Å². The summed E-state index contributed by atoms with van der Waals surface area (Å²) < 4.78 is 12.8. The molecule has 1 saturated heterocycles. The summed E-state index contributed by atoms with van der Waals surface area (Å²) in [6, 6.07) is 4.39. The number of halogens is 2. The predicted octanol–water partition coefficient (Wildman–Crippen LogP) is 4.12. The summed E-state index contributed by atoms with van der Waals surface area (Å²) in [5, 5.41) is 0.975. The minimum atomic E-state index is 0.195. The van der Waals surface area contributed by atoms with Gasteiger partial charge in [-0.25, -0.2) is 0 Å². The van der Waals surface area contributed by atoms with Crippen molar-refractivity contribution in [1.82, 2.24) is 0 Å². The number of ether oxygens (including phenoxy) is 2. The minimum Gasteiger partial charge on any atom is -0.493 e. The molecule has 0 aromatic heterocycles. The van der Waals surface area contributed by atoms with Crippen molar-refractivity contribution in [3.8, 4) is 5.75 Å². The largest absolute Gasteiger partial charge is 0.493 e. The summed E-state index contributed by atoms with van der Waals surface area (Å²) in [5.74, 6) is 1.11. The topological polar surface area (TPSA) is 18.5 Å². The van der Waals surface area contributed by atoms with Crippen LogP contribution in [0.5, 0.6) is 5.75 Å². The molecule has 19 heavy (non-hydrogen) atoms. The van der Waals surface area contributed by atoms with Gasteiger partial charge in [-0.2, -0.15) is 0 Å². The molecule has 1 aromatic rings. The molecule has 0 radical (unpaired) electrons. The molecule has 0 amide bonds. The smallest absolute Gasteiger partial charge is 0.125 e. The van der Waals surface area contributed by atoms with Gasteiger partial charge in [0.15, 0.2) is 0 Å². The van der Waals surface area contributed by atoms with Crippen LogP contribution in [0.1, 0.15) is 24.5 Å². The van der Waals surface area contributed by atoms with Crippen LogP contribution >= 0.6 is 31.9 Å². The molecule has 2 aliphatic rings. The third-order valence-electron chi connectivity index (χ3n) is 4.46. The maximum absolute atomic E-state index is 5.84. The van der Waals surface area contributed by atoms with E-state index < -0.39 is 0 Å². The van der Waals surface area contributed by atoms with Crippen molar-refractivity contribution in [2.45, 2.75) is 32.3 Å². The van der Waals surface area contributed by atoms with Gasteiger partial charge in [0.1, 0.15) is 5.75 Å². The Bertz CT molecular complexity index is 489. The molecule has 4 heteroatoms. The van der Waals surface area contributed by atoms with Crippen LogP contribution in [0.15, 0.2) is 16.6 Å². The monoisotopic (exact) mass is 388 g/mol. The average molecular weight is 390 g/mol. The molecular formula is C15H18Br2O2. The number of benzene rings is 1. The van der Waals surface area contributed by atoms with Crippen molar-refractivity contribution in [2.24, 2.45) is 5.41 Å². The Hall–Kier alpha value is -0.0600. The van der Waals surface area contributed by atoms with E-state index in [0.717, 1.165) is 48.0 Å². The Balaban J connectivity index is 1.95. The summed E-state index contributed by atoms with van der Waals surface area (Å²) in [7, 11) is 0. The van der Waals surface area contributed by atoms with Crippen LogP contribution in [0.25, 0.3) is 0 Å². The van der Waals surface area contributed by atoms with E-state index in [-0.39, 0.29) is 5.41 Å². The second-order valence-corrected chi connectivity index (χ2v) is 7.06. The van der Waals surface area contributed by atoms with E-state index in [0.29, 0.717) is 6.10 Å². The summed E-state index contributed by atoms with van der Waals surface area (Å²) in [6.07, 6.45) is 3.44. The van der Waals surface area contributed by atoms with Crippen molar-refractivity contribution >= 4 is 31.9 Å².